The molecule has 0 N–H and O–H groups in total. The first-order valence-electron chi connectivity index (χ1n) is 11.4. The van der Waals surface area contributed by atoms with E-state index in [9.17, 15) is 17.6 Å². The average molecular weight is 435 g/mol. The van der Waals surface area contributed by atoms with E-state index in [1.807, 2.05) is 0 Å². The molecule has 5 heteroatoms. The summed E-state index contributed by atoms with van der Waals surface area (Å²) in [7, 11) is 0. The van der Waals surface area contributed by atoms with Crippen LogP contribution in [-0.4, -0.2) is 0 Å². The molecule has 2 aliphatic carbocycles. The van der Waals surface area contributed by atoms with Crippen molar-refractivity contribution in [2.24, 2.45) is 17.8 Å². The highest BCUT2D eigenvalue weighted by molar-refractivity contribution is 5.31. The zero-order valence-corrected chi connectivity index (χ0v) is 17.9. The molecule has 4 rings (SSSR count). The van der Waals surface area contributed by atoms with E-state index in [0.717, 1.165) is 67.2 Å². The summed E-state index contributed by atoms with van der Waals surface area (Å²) in [6.07, 6.45) is 5.62. The Kier molecular flexibility index (Phi) is 6.59. The van der Waals surface area contributed by atoms with Crippen molar-refractivity contribution in [3.63, 3.8) is 0 Å². The molecule has 0 heterocycles. The molecule has 1 nitrogen and oxygen atoms in total. The van der Waals surface area contributed by atoms with Gasteiger partial charge in [-0.3, -0.25) is 0 Å². The van der Waals surface area contributed by atoms with E-state index in [1.54, 1.807) is 6.07 Å². The van der Waals surface area contributed by atoms with E-state index in [-0.39, 0.29) is 11.7 Å². The summed E-state index contributed by atoms with van der Waals surface area (Å²) >= 11 is 0. The molecule has 2 aromatic carbocycles. The molecule has 0 unspecified atom stereocenters. The number of benzene rings is 2. The lowest BCUT2D eigenvalue weighted by atomic mass is 9.68. The predicted molar refractivity (Wildman–Crippen MR) is 113 cm³/mol. The molecule has 0 saturated heterocycles. The van der Waals surface area contributed by atoms with E-state index >= 15 is 0 Å². The molecular formula is C26H30F4O. The zero-order chi connectivity index (χ0) is 22.0. The van der Waals surface area contributed by atoms with Gasteiger partial charge < -0.3 is 4.74 Å². The summed E-state index contributed by atoms with van der Waals surface area (Å²) in [5.41, 5.74) is -0.0518. The summed E-state index contributed by atoms with van der Waals surface area (Å²) in [5, 5.41) is 0. The molecule has 168 valence electrons. The number of ether oxygens (including phenoxy) is 1. The normalized spacial score (nSPS) is 27.1. The minimum Gasteiger partial charge on any atom is -0.429 e. The van der Waals surface area contributed by atoms with Gasteiger partial charge >= 0.3 is 6.11 Å². The first-order chi connectivity index (χ1) is 14.8. The van der Waals surface area contributed by atoms with Gasteiger partial charge in [0.05, 0.1) is 5.56 Å². The van der Waals surface area contributed by atoms with Crippen molar-refractivity contribution in [2.45, 2.75) is 70.3 Å². The Morgan fingerprint density at radius 3 is 2.06 bits per heavy atom. The summed E-state index contributed by atoms with van der Waals surface area (Å²) in [5.74, 6) is 0.595. The third-order valence-electron chi connectivity index (χ3n) is 7.32. The van der Waals surface area contributed by atoms with Crippen molar-refractivity contribution >= 4 is 0 Å². The van der Waals surface area contributed by atoms with Crippen LogP contribution in [0.15, 0.2) is 42.5 Å². The molecule has 0 radical (unpaired) electrons. The van der Waals surface area contributed by atoms with Crippen molar-refractivity contribution in [2.75, 3.05) is 0 Å². The second kappa shape index (κ2) is 9.22. The number of hydrogen-bond donors (Lipinski definition) is 0. The molecule has 2 aromatic rings. The molecule has 0 aliphatic heterocycles. The summed E-state index contributed by atoms with van der Waals surface area (Å²) in [6, 6.07) is 8.40. The van der Waals surface area contributed by atoms with Gasteiger partial charge in [-0.05, 0) is 92.0 Å². The third-order valence-corrected chi connectivity index (χ3v) is 7.32. The monoisotopic (exact) mass is 434 g/mol. The average Bonchev–Trinajstić information content (AvgIpc) is 2.74. The molecule has 0 atom stereocenters. The van der Waals surface area contributed by atoms with E-state index in [2.05, 4.69) is 11.7 Å². The van der Waals surface area contributed by atoms with Crippen LogP contribution in [0.2, 0.25) is 0 Å². The largest absolute Gasteiger partial charge is 0.429 e. The number of rotatable bonds is 5. The van der Waals surface area contributed by atoms with E-state index < -0.39 is 23.3 Å². The molecule has 0 bridgehead atoms. The lowest BCUT2D eigenvalue weighted by Gasteiger charge is -2.37. The maximum Gasteiger partial charge on any atom is 0.429 e. The molecule has 31 heavy (non-hydrogen) atoms. The second-order valence-electron chi connectivity index (χ2n) is 9.45. The van der Waals surface area contributed by atoms with Gasteiger partial charge in [0, 0.05) is 6.07 Å². The topological polar surface area (TPSA) is 9.23 Å². The van der Waals surface area contributed by atoms with Crippen LogP contribution in [0.5, 0.6) is 5.75 Å². The fraction of sp³-hybridized carbons (Fsp3) is 0.538. The van der Waals surface area contributed by atoms with Crippen molar-refractivity contribution in [1.29, 1.82) is 0 Å². The van der Waals surface area contributed by atoms with Crippen LogP contribution < -0.4 is 4.74 Å². The van der Waals surface area contributed by atoms with Crippen LogP contribution in [0.1, 0.15) is 75.3 Å². The van der Waals surface area contributed by atoms with Crippen LogP contribution in [0.25, 0.3) is 0 Å². The fourth-order valence-electron chi connectivity index (χ4n) is 5.44. The van der Waals surface area contributed by atoms with Gasteiger partial charge in [0.1, 0.15) is 17.4 Å². The van der Waals surface area contributed by atoms with Gasteiger partial charge in [-0.2, -0.15) is 8.78 Å². The highest BCUT2D eigenvalue weighted by Crippen LogP contribution is 2.44. The molecule has 2 saturated carbocycles. The van der Waals surface area contributed by atoms with Crippen molar-refractivity contribution in [1.82, 2.24) is 0 Å². The van der Waals surface area contributed by atoms with E-state index in [1.165, 1.54) is 43.9 Å². The SMILES string of the molecule is CC1CCC(C2CCC(c3ccc(C(F)(F)Oc4cccc(F)c4)c(F)c3)CC2)CC1. The number of halogens is 4. The maximum atomic E-state index is 14.7. The van der Waals surface area contributed by atoms with Crippen molar-refractivity contribution in [3.8, 4) is 5.75 Å². The van der Waals surface area contributed by atoms with Gasteiger partial charge in [-0.1, -0.05) is 31.9 Å². The molecule has 2 aliphatic rings. The summed E-state index contributed by atoms with van der Waals surface area (Å²) in [6.45, 7) is 2.33. The Bertz CT molecular complexity index is 881. The fourth-order valence-corrected chi connectivity index (χ4v) is 5.44. The lowest BCUT2D eigenvalue weighted by Crippen LogP contribution is -2.25. The van der Waals surface area contributed by atoms with Gasteiger partial charge in [-0.25, -0.2) is 8.78 Å². The van der Waals surface area contributed by atoms with E-state index in [4.69, 9.17) is 0 Å². The van der Waals surface area contributed by atoms with Crippen molar-refractivity contribution < 1.29 is 22.3 Å². The van der Waals surface area contributed by atoms with Gasteiger partial charge in [-0.15, -0.1) is 0 Å². The van der Waals surface area contributed by atoms with Crippen LogP contribution in [-0.2, 0) is 6.11 Å². The molecule has 0 aromatic heterocycles. The first-order valence-corrected chi connectivity index (χ1v) is 11.4. The minimum atomic E-state index is -3.88. The standard InChI is InChI=1S/C26H30F4O/c1-17-5-7-18(8-6-17)19-9-11-20(12-10-19)21-13-14-24(25(28)15-21)26(29,30)31-23-4-2-3-22(27)16-23/h2-4,13-20H,5-12H2,1H3. The van der Waals surface area contributed by atoms with Crippen LogP contribution in [0.3, 0.4) is 0 Å². The zero-order valence-electron chi connectivity index (χ0n) is 17.9. The molecule has 0 amide bonds. The predicted octanol–water partition coefficient (Wildman–Crippen LogP) is 8.19. The smallest absolute Gasteiger partial charge is 0.429 e. The van der Waals surface area contributed by atoms with Crippen LogP contribution >= 0.6 is 0 Å². The Hall–Kier alpha value is -2.04. The minimum absolute atomic E-state index is 0.208. The quantitative estimate of drug-likeness (QED) is 0.431. The second-order valence-corrected chi connectivity index (χ2v) is 9.45. The Labute approximate surface area is 181 Å². The third kappa shape index (κ3) is 5.24. The van der Waals surface area contributed by atoms with Crippen molar-refractivity contribution in [3.05, 3.63) is 65.2 Å². The summed E-state index contributed by atoms with van der Waals surface area (Å²) in [4.78, 5) is 0. The number of alkyl halides is 2. The first kappa shape index (κ1) is 22.2. The lowest BCUT2D eigenvalue weighted by molar-refractivity contribution is -0.187. The van der Waals surface area contributed by atoms with Gasteiger partial charge in [0.25, 0.3) is 0 Å². The van der Waals surface area contributed by atoms with Crippen LogP contribution in [0, 0.1) is 29.4 Å². The highest BCUT2D eigenvalue weighted by atomic mass is 19.3. The van der Waals surface area contributed by atoms with Gasteiger partial charge in [0.2, 0.25) is 0 Å². The number of hydrogen-bond acceptors (Lipinski definition) is 1. The maximum absolute atomic E-state index is 14.7. The van der Waals surface area contributed by atoms with E-state index in [0.29, 0.717) is 0 Å². The Balaban J connectivity index is 1.39. The van der Waals surface area contributed by atoms with Gasteiger partial charge in [0.15, 0.2) is 0 Å². The highest BCUT2D eigenvalue weighted by Gasteiger charge is 2.38. The Morgan fingerprint density at radius 2 is 1.45 bits per heavy atom. The van der Waals surface area contributed by atoms with Crippen LogP contribution in [0.4, 0.5) is 17.6 Å². The molecule has 2 fully saturated rings. The molecular weight excluding hydrogens is 404 g/mol. The summed E-state index contributed by atoms with van der Waals surface area (Å²) < 4.78 is 61.5. The Morgan fingerprint density at radius 1 is 0.806 bits per heavy atom. The molecule has 0 spiro atoms.